The van der Waals surface area contributed by atoms with Crippen molar-refractivity contribution in [1.82, 2.24) is 30.7 Å². The van der Waals surface area contributed by atoms with Crippen LogP contribution in [0.5, 0.6) is 5.88 Å². The van der Waals surface area contributed by atoms with Crippen LogP contribution in [0.1, 0.15) is 45.5 Å². The molecule has 4 rings (SSSR count). The summed E-state index contributed by atoms with van der Waals surface area (Å²) in [4.78, 5) is 21.1. The third-order valence-electron chi connectivity index (χ3n) is 6.44. The molecule has 0 atom stereocenters. The molecular formula is C23H38N6O2. The number of nitrogens with one attached hydrogen (secondary N) is 3. The van der Waals surface area contributed by atoms with Gasteiger partial charge in [-0.05, 0) is 24.0 Å². The number of carbonyl (C=O) groups excluding carboxylic acids is 1. The van der Waals surface area contributed by atoms with Gasteiger partial charge in [-0.15, -0.1) is 0 Å². The Morgan fingerprint density at radius 2 is 2.03 bits per heavy atom. The molecular weight excluding hydrogens is 392 g/mol. The highest BCUT2D eigenvalue weighted by atomic mass is 16.5. The van der Waals surface area contributed by atoms with Crippen molar-refractivity contribution >= 4 is 6.03 Å². The molecule has 2 aliphatic heterocycles. The van der Waals surface area contributed by atoms with Crippen LogP contribution in [0.3, 0.4) is 0 Å². The lowest BCUT2D eigenvalue weighted by molar-refractivity contribution is 0.136. The molecule has 0 unspecified atom stereocenters. The minimum atomic E-state index is -0.0420. The number of piperazine rings is 1. The van der Waals surface area contributed by atoms with E-state index in [0.29, 0.717) is 0 Å². The minimum absolute atomic E-state index is 0. The fourth-order valence-electron chi connectivity index (χ4n) is 4.57. The second-order valence-corrected chi connectivity index (χ2v) is 8.78. The second-order valence-electron chi connectivity index (χ2n) is 8.78. The van der Waals surface area contributed by atoms with Crippen molar-refractivity contribution in [3.8, 4) is 5.88 Å². The molecule has 1 saturated heterocycles. The highest BCUT2D eigenvalue weighted by Gasteiger charge is 2.22. The molecule has 3 N–H and O–H groups in total. The molecule has 0 bridgehead atoms. The van der Waals surface area contributed by atoms with Gasteiger partial charge in [0.25, 0.3) is 0 Å². The van der Waals surface area contributed by atoms with Gasteiger partial charge >= 0.3 is 6.03 Å². The molecule has 2 amide bonds. The predicted octanol–water partition coefficient (Wildman–Crippen LogP) is 2.50. The van der Waals surface area contributed by atoms with E-state index in [0.717, 1.165) is 76.5 Å². The summed E-state index contributed by atoms with van der Waals surface area (Å²) < 4.78 is 5.95. The number of nitrogens with zero attached hydrogens (tertiary/aromatic N) is 3. The van der Waals surface area contributed by atoms with Crippen LogP contribution in [0.15, 0.2) is 30.4 Å². The van der Waals surface area contributed by atoms with Gasteiger partial charge in [0.05, 0.1) is 6.61 Å². The summed E-state index contributed by atoms with van der Waals surface area (Å²) in [5.74, 6) is 2.30. The first-order valence-electron chi connectivity index (χ1n) is 11.8. The van der Waals surface area contributed by atoms with E-state index in [-0.39, 0.29) is 7.46 Å². The maximum Gasteiger partial charge on any atom is 0.323 e. The normalized spacial score (nSPS) is 20.4. The molecule has 0 spiro atoms. The van der Waals surface area contributed by atoms with Crippen LogP contribution in [0.4, 0.5) is 4.79 Å². The Morgan fingerprint density at radius 3 is 2.81 bits per heavy atom. The molecule has 31 heavy (non-hydrogen) atoms. The number of pyridine rings is 1. The van der Waals surface area contributed by atoms with E-state index in [9.17, 15) is 4.79 Å². The van der Waals surface area contributed by atoms with Gasteiger partial charge < -0.3 is 20.3 Å². The molecule has 8 heteroatoms. The molecule has 2 fully saturated rings. The van der Waals surface area contributed by atoms with Gasteiger partial charge in [-0.2, -0.15) is 0 Å². The standard InChI is InChI=1S/C23H36N6O2.H2/c30-23(27-21-17-24-9-10-25-21)29-13-11-28(12-14-29)18-20-6-8-26-22(16-20)31-15-7-19-4-2-1-3-5-19;/h6,8,16-17,19,24-25H,1-5,7,9-15,18H2,(H,27,30);1H. The van der Waals surface area contributed by atoms with Gasteiger partial charge in [0.2, 0.25) is 5.88 Å². The first-order chi connectivity index (χ1) is 15.3. The molecule has 1 aromatic rings. The van der Waals surface area contributed by atoms with Gasteiger partial charge in [-0.1, -0.05) is 32.1 Å². The lowest BCUT2D eigenvalue weighted by atomic mass is 9.87. The molecule has 0 radical (unpaired) electrons. The molecule has 1 saturated carbocycles. The van der Waals surface area contributed by atoms with Crippen molar-refractivity contribution in [2.24, 2.45) is 5.92 Å². The maximum absolute atomic E-state index is 12.5. The monoisotopic (exact) mass is 430 g/mol. The average Bonchev–Trinajstić information content (AvgIpc) is 2.81. The van der Waals surface area contributed by atoms with Crippen LogP contribution in [0.2, 0.25) is 0 Å². The Labute approximate surface area is 186 Å². The number of hydrogen-bond donors (Lipinski definition) is 3. The van der Waals surface area contributed by atoms with Gasteiger partial charge in [-0.3, -0.25) is 10.2 Å². The molecule has 1 aliphatic carbocycles. The van der Waals surface area contributed by atoms with Crippen LogP contribution in [-0.2, 0) is 6.54 Å². The number of amides is 2. The number of urea groups is 1. The van der Waals surface area contributed by atoms with Crippen LogP contribution in [0.25, 0.3) is 0 Å². The smallest absolute Gasteiger partial charge is 0.323 e. The van der Waals surface area contributed by atoms with E-state index < -0.39 is 0 Å². The van der Waals surface area contributed by atoms with Gasteiger partial charge in [0, 0.05) is 65.7 Å². The number of rotatable bonds is 7. The van der Waals surface area contributed by atoms with E-state index in [4.69, 9.17) is 4.74 Å². The first kappa shape index (κ1) is 21.7. The van der Waals surface area contributed by atoms with Crippen molar-refractivity contribution in [3.05, 3.63) is 35.9 Å². The Balaban J connectivity index is 0.00000289. The van der Waals surface area contributed by atoms with E-state index >= 15 is 0 Å². The topological polar surface area (TPSA) is 81.8 Å². The Morgan fingerprint density at radius 1 is 1.19 bits per heavy atom. The highest BCUT2D eigenvalue weighted by molar-refractivity contribution is 5.76. The van der Waals surface area contributed by atoms with E-state index in [2.05, 4.69) is 38.0 Å². The number of carbonyl (C=O) groups is 1. The van der Waals surface area contributed by atoms with E-state index in [1.165, 1.54) is 37.7 Å². The Bertz CT molecular complexity index is 748. The maximum atomic E-state index is 12.5. The summed E-state index contributed by atoms with van der Waals surface area (Å²) in [6.45, 7) is 6.48. The summed E-state index contributed by atoms with van der Waals surface area (Å²) in [6, 6.07) is 4.08. The third-order valence-corrected chi connectivity index (χ3v) is 6.44. The summed E-state index contributed by atoms with van der Waals surface area (Å²) in [5.41, 5.74) is 1.21. The fourth-order valence-corrected chi connectivity index (χ4v) is 4.57. The van der Waals surface area contributed by atoms with Crippen molar-refractivity contribution in [2.45, 2.75) is 45.1 Å². The highest BCUT2D eigenvalue weighted by Crippen LogP contribution is 2.26. The number of aromatic nitrogens is 1. The molecule has 3 aliphatic rings. The van der Waals surface area contributed by atoms with Crippen molar-refractivity contribution in [1.29, 1.82) is 0 Å². The second kappa shape index (κ2) is 11.2. The Kier molecular flexibility index (Phi) is 7.87. The molecule has 1 aromatic heterocycles. The fraction of sp³-hybridized carbons (Fsp3) is 0.652. The zero-order chi connectivity index (χ0) is 21.3. The lowest BCUT2D eigenvalue weighted by Crippen LogP contribution is -2.52. The minimum Gasteiger partial charge on any atom is -0.478 e. The zero-order valence-corrected chi connectivity index (χ0v) is 18.4. The van der Waals surface area contributed by atoms with Crippen LogP contribution in [0, 0.1) is 5.92 Å². The van der Waals surface area contributed by atoms with Gasteiger partial charge in [0.1, 0.15) is 5.82 Å². The SMILES string of the molecule is O=C(NC1=CNCCN1)N1CCN(Cc2ccnc(OCCC3CCCCC3)c2)CC1.[HH]. The largest absolute Gasteiger partial charge is 0.478 e. The van der Waals surface area contributed by atoms with Crippen LogP contribution in [-0.4, -0.2) is 66.7 Å². The molecule has 8 nitrogen and oxygen atoms in total. The number of ether oxygens (including phenoxy) is 1. The van der Waals surface area contributed by atoms with Crippen molar-refractivity contribution in [2.75, 3.05) is 45.9 Å². The van der Waals surface area contributed by atoms with Crippen molar-refractivity contribution < 1.29 is 11.0 Å². The van der Waals surface area contributed by atoms with E-state index in [1.54, 1.807) is 0 Å². The van der Waals surface area contributed by atoms with Crippen LogP contribution >= 0.6 is 0 Å². The van der Waals surface area contributed by atoms with Crippen LogP contribution < -0.4 is 20.7 Å². The van der Waals surface area contributed by atoms with Crippen molar-refractivity contribution in [3.63, 3.8) is 0 Å². The lowest BCUT2D eigenvalue weighted by Gasteiger charge is -2.35. The Hall–Kier alpha value is -2.48. The summed E-state index contributed by atoms with van der Waals surface area (Å²) in [6.07, 6.45) is 11.6. The molecule has 3 heterocycles. The molecule has 172 valence electrons. The molecule has 0 aromatic carbocycles. The summed E-state index contributed by atoms with van der Waals surface area (Å²) in [5, 5.41) is 9.25. The number of hydrogen-bond acceptors (Lipinski definition) is 6. The predicted molar refractivity (Wildman–Crippen MR) is 123 cm³/mol. The first-order valence-corrected chi connectivity index (χ1v) is 11.8. The van der Waals surface area contributed by atoms with E-state index in [1.807, 2.05) is 17.3 Å². The van der Waals surface area contributed by atoms with Gasteiger partial charge in [-0.25, -0.2) is 9.78 Å². The van der Waals surface area contributed by atoms with Gasteiger partial charge in [0.15, 0.2) is 0 Å². The third kappa shape index (κ3) is 6.75. The summed E-state index contributed by atoms with van der Waals surface area (Å²) >= 11 is 0. The summed E-state index contributed by atoms with van der Waals surface area (Å²) in [7, 11) is 0. The average molecular weight is 431 g/mol. The quantitative estimate of drug-likeness (QED) is 0.617. The zero-order valence-electron chi connectivity index (χ0n) is 18.4.